The Morgan fingerprint density at radius 1 is 1.38 bits per heavy atom. The summed E-state index contributed by atoms with van der Waals surface area (Å²) in [5, 5.41) is 9.03. The fourth-order valence-electron chi connectivity index (χ4n) is 1.58. The van der Waals surface area contributed by atoms with Crippen molar-refractivity contribution in [2.24, 2.45) is 0 Å². The van der Waals surface area contributed by atoms with E-state index in [1.807, 2.05) is 6.07 Å². The van der Waals surface area contributed by atoms with Crippen LogP contribution in [0, 0.1) is 11.3 Å². The first kappa shape index (κ1) is 16.9. The van der Waals surface area contributed by atoms with Crippen molar-refractivity contribution in [2.75, 3.05) is 24.7 Å². The highest BCUT2D eigenvalue weighted by Gasteiger charge is 2.14. The van der Waals surface area contributed by atoms with Gasteiger partial charge in [0.1, 0.15) is 0 Å². The van der Waals surface area contributed by atoms with Crippen molar-refractivity contribution < 1.29 is 22.7 Å². The summed E-state index contributed by atoms with van der Waals surface area (Å²) in [7, 11) is -0.986. The van der Waals surface area contributed by atoms with Crippen LogP contribution in [0.2, 0.25) is 0 Å². The van der Waals surface area contributed by atoms with Crippen LogP contribution in [0.1, 0.15) is 17.5 Å². The number of nitriles is 1. The summed E-state index contributed by atoms with van der Waals surface area (Å²) in [6, 6.07) is 6.54. The van der Waals surface area contributed by atoms with Gasteiger partial charge in [0.15, 0.2) is 0 Å². The minimum atomic E-state index is -3.68. The summed E-state index contributed by atoms with van der Waals surface area (Å²) >= 11 is 0. The van der Waals surface area contributed by atoms with Crippen molar-refractivity contribution in [2.45, 2.75) is 13.0 Å². The average molecular weight is 312 g/mol. The number of anilines is 1. The minimum absolute atomic E-state index is 0.237. The molecule has 0 amide bonds. The van der Waals surface area contributed by atoms with Gasteiger partial charge in [-0.2, -0.15) is 5.26 Å². The lowest BCUT2D eigenvalue weighted by atomic mass is 10.1. The number of sulfonamides is 1. The molecule has 0 radical (unpaired) electrons. The summed E-state index contributed by atoms with van der Waals surface area (Å²) in [5.74, 6) is -0.991. The van der Waals surface area contributed by atoms with Crippen molar-refractivity contribution in [3.05, 3.63) is 29.3 Å². The van der Waals surface area contributed by atoms with Crippen molar-refractivity contribution >= 4 is 21.7 Å². The lowest BCUT2D eigenvalue weighted by molar-refractivity contribution is -0.140. The van der Waals surface area contributed by atoms with E-state index in [1.54, 1.807) is 6.07 Å². The quantitative estimate of drug-likeness (QED) is 0.753. The van der Waals surface area contributed by atoms with E-state index in [-0.39, 0.29) is 24.5 Å². The zero-order valence-corrected chi connectivity index (χ0v) is 12.6. The minimum Gasteiger partial charge on any atom is -0.469 e. The predicted molar refractivity (Wildman–Crippen MR) is 75.9 cm³/mol. The van der Waals surface area contributed by atoms with Gasteiger partial charge in [-0.1, -0.05) is 6.07 Å². The van der Waals surface area contributed by atoms with Gasteiger partial charge >= 0.3 is 5.97 Å². The third-order valence-electron chi connectivity index (χ3n) is 2.61. The highest BCUT2D eigenvalue weighted by molar-refractivity contribution is 7.92. The molecule has 7 nitrogen and oxygen atoms in total. The summed E-state index contributed by atoms with van der Waals surface area (Å²) in [4.78, 5) is 11.0. The Balaban J connectivity index is 2.83. The second-order valence-electron chi connectivity index (χ2n) is 4.16. The van der Waals surface area contributed by atoms with Gasteiger partial charge in [-0.3, -0.25) is 9.52 Å². The lowest BCUT2D eigenvalue weighted by Gasteiger charge is -2.09. The number of nitrogens with zero attached hydrogens (tertiary/aromatic N) is 1. The normalized spacial score (nSPS) is 10.7. The Labute approximate surface area is 123 Å². The van der Waals surface area contributed by atoms with Gasteiger partial charge in [0.25, 0.3) is 0 Å². The molecule has 0 aliphatic carbocycles. The van der Waals surface area contributed by atoms with Crippen LogP contribution >= 0.6 is 0 Å². The van der Waals surface area contributed by atoms with Gasteiger partial charge in [-0.25, -0.2) is 8.42 Å². The van der Waals surface area contributed by atoms with E-state index >= 15 is 0 Å². The zero-order valence-electron chi connectivity index (χ0n) is 11.8. The molecule has 21 heavy (non-hydrogen) atoms. The number of methoxy groups -OCH3 is 2. The number of carbonyl (C=O) groups excluding carboxylic acids is 1. The fraction of sp³-hybridized carbons (Fsp3) is 0.385. The summed E-state index contributed by atoms with van der Waals surface area (Å²) in [5.41, 5.74) is 1.25. The fourth-order valence-corrected chi connectivity index (χ4v) is 2.60. The molecular formula is C13H16N2O5S. The van der Waals surface area contributed by atoms with Gasteiger partial charge in [0.2, 0.25) is 10.0 Å². The third-order valence-corrected chi connectivity index (χ3v) is 3.89. The van der Waals surface area contributed by atoms with Gasteiger partial charge in [0.05, 0.1) is 37.5 Å². The second-order valence-corrected chi connectivity index (χ2v) is 6.01. The van der Waals surface area contributed by atoms with Crippen LogP contribution in [0.3, 0.4) is 0 Å². The molecular weight excluding hydrogens is 296 g/mol. The second kappa shape index (κ2) is 7.61. The van der Waals surface area contributed by atoms with E-state index in [9.17, 15) is 13.2 Å². The van der Waals surface area contributed by atoms with Crippen LogP contribution in [0.15, 0.2) is 18.2 Å². The molecule has 1 aromatic rings. The Kier molecular flexibility index (Phi) is 6.14. The topological polar surface area (TPSA) is 105 Å². The van der Waals surface area contributed by atoms with E-state index in [2.05, 4.69) is 9.46 Å². The molecule has 0 aliphatic rings. The molecule has 1 rings (SSSR count). The molecule has 0 bridgehead atoms. The Hall–Kier alpha value is -2.11. The van der Waals surface area contributed by atoms with Crippen LogP contribution in [0.25, 0.3) is 0 Å². The molecule has 0 saturated carbocycles. The SMILES string of the molecule is COCc1ccc(NS(=O)(=O)CCC(=O)OC)cc1C#N. The van der Waals surface area contributed by atoms with E-state index in [0.717, 1.165) is 0 Å². The number of hydrogen-bond acceptors (Lipinski definition) is 6. The van der Waals surface area contributed by atoms with Crippen molar-refractivity contribution in [1.29, 1.82) is 5.26 Å². The third kappa shape index (κ3) is 5.41. The molecule has 0 aliphatic heterocycles. The van der Waals surface area contributed by atoms with Crippen molar-refractivity contribution in [3.8, 4) is 6.07 Å². The number of nitrogens with one attached hydrogen (secondary N) is 1. The predicted octanol–water partition coefficient (Wildman–Crippen LogP) is 1.01. The summed E-state index contributed by atoms with van der Waals surface area (Å²) in [6.07, 6.45) is -0.237. The molecule has 8 heteroatoms. The Morgan fingerprint density at radius 3 is 2.67 bits per heavy atom. The standard InChI is InChI=1S/C13H16N2O5S/c1-19-9-10-3-4-12(7-11(10)8-14)15-21(17,18)6-5-13(16)20-2/h3-4,7,15H,5-6,9H2,1-2H3. The molecule has 114 valence electrons. The van der Waals surface area contributed by atoms with Crippen LogP contribution in [0.5, 0.6) is 0 Å². The molecule has 1 N–H and O–H groups in total. The molecule has 0 fully saturated rings. The highest BCUT2D eigenvalue weighted by Crippen LogP contribution is 2.17. The first-order valence-electron chi connectivity index (χ1n) is 6.01. The highest BCUT2D eigenvalue weighted by atomic mass is 32.2. The number of benzene rings is 1. The molecule has 0 unspecified atom stereocenters. The summed E-state index contributed by atoms with van der Waals surface area (Å²) < 4.78 is 35.3. The molecule has 0 spiro atoms. The number of carbonyl (C=O) groups is 1. The van der Waals surface area contributed by atoms with Gasteiger partial charge in [-0.15, -0.1) is 0 Å². The van der Waals surface area contributed by atoms with Crippen molar-refractivity contribution in [1.82, 2.24) is 0 Å². The molecule has 1 aromatic carbocycles. The zero-order chi connectivity index (χ0) is 15.9. The summed E-state index contributed by atoms with van der Waals surface area (Å²) in [6.45, 7) is 0.262. The van der Waals surface area contributed by atoms with Crippen LogP contribution in [-0.4, -0.2) is 34.4 Å². The number of esters is 1. The van der Waals surface area contributed by atoms with E-state index in [1.165, 1.54) is 26.4 Å². The van der Waals surface area contributed by atoms with Gasteiger partial charge < -0.3 is 9.47 Å². The molecule has 0 heterocycles. The van der Waals surface area contributed by atoms with Crippen molar-refractivity contribution in [3.63, 3.8) is 0 Å². The molecule has 0 aromatic heterocycles. The largest absolute Gasteiger partial charge is 0.469 e. The van der Waals surface area contributed by atoms with Gasteiger partial charge in [-0.05, 0) is 17.7 Å². The monoisotopic (exact) mass is 312 g/mol. The van der Waals surface area contributed by atoms with E-state index in [4.69, 9.17) is 10.00 Å². The van der Waals surface area contributed by atoms with E-state index < -0.39 is 16.0 Å². The smallest absolute Gasteiger partial charge is 0.306 e. The maximum Gasteiger partial charge on any atom is 0.306 e. The first-order valence-corrected chi connectivity index (χ1v) is 7.66. The number of ether oxygens (including phenoxy) is 2. The maximum atomic E-state index is 11.8. The van der Waals surface area contributed by atoms with Crippen LogP contribution < -0.4 is 4.72 Å². The lowest BCUT2D eigenvalue weighted by Crippen LogP contribution is -2.19. The van der Waals surface area contributed by atoms with Crippen LogP contribution in [-0.2, 0) is 30.9 Å². The number of rotatable bonds is 7. The molecule has 0 saturated heterocycles. The number of hydrogen-bond donors (Lipinski definition) is 1. The van der Waals surface area contributed by atoms with E-state index in [0.29, 0.717) is 11.1 Å². The Morgan fingerprint density at radius 2 is 2.10 bits per heavy atom. The van der Waals surface area contributed by atoms with Gasteiger partial charge in [0, 0.05) is 12.8 Å². The van der Waals surface area contributed by atoms with Crippen LogP contribution in [0.4, 0.5) is 5.69 Å². The maximum absolute atomic E-state index is 11.8. The average Bonchev–Trinajstić information content (AvgIpc) is 2.46. The first-order chi connectivity index (χ1) is 9.91. The molecule has 0 atom stereocenters. The Bertz CT molecular complexity index is 649.